The number of halogens is 2. The number of rotatable bonds is 3. The first-order valence-electron chi connectivity index (χ1n) is 5.59. The number of nitrogens with zero attached hydrogens (tertiary/aromatic N) is 1. The third-order valence-corrected chi connectivity index (χ3v) is 4.30. The number of aliphatic hydroxyl groups is 1. The van der Waals surface area contributed by atoms with E-state index >= 15 is 0 Å². The summed E-state index contributed by atoms with van der Waals surface area (Å²) in [5.74, 6) is 0.262. The minimum absolute atomic E-state index is 0.00669. The highest BCUT2D eigenvalue weighted by molar-refractivity contribution is 7.15. The van der Waals surface area contributed by atoms with Crippen LogP contribution in [-0.4, -0.2) is 10.1 Å². The standard InChI is InChI=1S/C13H13Cl2NOS/c1-7(2)12-10(6-17)18-13(16-12)11-8(14)4-3-5-9(11)15/h3-5,7,17H,6H2,1-2H3. The van der Waals surface area contributed by atoms with Crippen LogP contribution in [0, 0.1) is 0 Å². The second kappa shape index (κ2) is 5.57. The van der Waals surface area contributed by atoms with Gasteiger partial charge in [-0.2, -0.15) is 0 Å². The Bertz CT molecular complexity index is 546. The van der Waals surface area contributed by atoms with Gasteiger partial charge in [-0.05, 0) is 18.1 Å². The summed E-state index contributed by atoms with van der Waals surface area (Å²) in [6.07, 6.45) is 0. The molecule has 1 heterocycles. The predicted octanol–water partition coefficient (Wildman–Crippen LogP) is 4.73. The molecule has 0 fully saturated rings. The lowest BCUT2D eigenvalue weighted by Crippen LogP contribution is -1.93. The van der Waals surface area contributed by atoms with Crippen molar-refractivity contribution in [1.82, 2.24) is 4.98 Å². The van der Waals surface area contributed by atoms with Gasteiger partial charge in [-0.1, -0.05) is 43.1 Å². The normalized spacial score (nSPS) is 11.2. The Morgan fingerprint density at radius 2 is 1.89 bits per heavy atom. The molecule has 0 radical (unpaired) electrons. The molecule has 0 aliphatic carbocycles. The van der Waals surface area contributed by atoms with Crippen LogP contribution in [0.4, 0.5) is 0 Å². The van der Waals surface area contributed by atoms with Crippen molar-refractivity contribution in [3.63, 3.8) is 0 Å². The maximum atomic E-state index is 9.37. The van der Waals surface area contributed by atoms with E-state index in [1.807, 2.05) is 13.8 Å². The third kappa shape index (κ3) is 2.54. The van der Waals surface area contributed by atoms with E-state index < -0.39 is 0 Å². The van der Waals surface area contributed by atoms with Crippen LogP contribution >= 0.6 is 34.5 Å². The van der Waals surface area contributed by atoms with E-state index in [1.165, 1.54) is 11.3 Å². The zero-order valence-electron chi connectivity index (χ0n) is 10.1. The van der Waals surface area contributed by atoms with E-state index in [1.54, 1.807) is 18.2 Å². The van der Waals surface area contributed by atoms with Crippen LogP contribution in [0.3, 0.4) is 0 Å². The summed E-state index contributed by atoms with van der Waals surface area (Å²) in [4.78, 5) is 5.43. The quantitative estimate of drug-likeness (QED) is 0.889. The Hall–Kier alpha value is -0.610. The predicted molar refractivity (Wildman–Crippen MR) is 77.6 cm³/mol. The first-order valence-corrected chi connectivity index (χ1v) is 7.16. The molecule has 2 aromatic rings. The molecule has 1 N–H and O–H groups in total. The average molecular weight is 302 g/mol. The number of benzene rings is 1. The summed E-state index contributed by atoms with van der Waals surface area (Å²) in [5.41, 5.74) is 1.65. The highest BCUT2D eigenvalue weighted by Gasteiger charge is 2.18. The Morgan fingerprint density at radius 1 is 1.28 bits per heavy atom. The highest BCUT2D eigenvalue weighted by Crippen LogP contribution is 2.39. The summed E-state index contributed by atoms with van der Waals surface area (Å²) in [7, 11) is 0. The van der Waals surface area contributed by atoms with Gasteiger partial charge in [0.05, 0.1) is 27.2 Å². The first kappa shape index (κ1) is 13.8. The van der Waals surface area contributed by atoms with Gasteiger partial charge in [-0.25, -0.2) is 4.98 Å². The number of aliphatic hydroxyl groups excluding tert-OH is 1. The molecule has 0 saturated heterocycles. The molecule has 0 atom stereocenters. The molecular formula is C13H13Cl2NOS. The van der Waals surface area contributed by atoms with Gasteiger partial charge in [0.25, 0.3) is 0 Å². The summed E-state index contributed by atoms with van der Waals surface area (Å²) >= 11 is 13.8. The number of thiazole rings is 1. The van der Waals surface area contributed by atoms with Crippen molar-refractivity contribution in [2.75, 3.05) is 0 Å². The van der Waals surface area contributed by atoms with Crippen LogP contribution < -0.4 is 0 Å². The van der Waals surface area contributed by atoms with Crippen molar-refractivity contribution < 1.29 is 5.11 Å². The van der Waals surface area contributed by atoms with Crippen LogP contribution in [0.5, 0.6) is 0 Å². The lowest BCUT2D eigenvalue weighted by atomic mass is 10.1. The molecule has 0 aliphatic rings. The maximum Gasteiger partial charge on any atom is 0.126 e. The van der Waals surface area contributed by atoms with E-state index in [4.69, 9.17) is 23.2 Å². The Balaban J connectivity index is 2.58. The van der Waals surface area contributed by atoms with Gasteiger partial charge in [-0.3, -0.25) is 0 Å². The van der Waals surface area contributed by atoms with E-state index in [0.29, 0.717) is 10.0 Å². The molecule has 18 heavy (non-hydrogen) atoms. The minimum Gasteiger partial charge on any atom is -0.391 e. The number of hydrogen-bond acceptors (Lipinski definition) is 3. The topological polar surface area (TPSA) is 33.1 Å². The van der Waals surface area contributed by atoms with Crippen molar-refractivity contribution in [2.45, 2.75) is 26.4 Å². The first-order chi connectivity index (χ1) is 8.54. The average Bonchev–Trinajstić information content (AvgIpc) is 2.73. The Kier molecular flexibility index (Phi) is 4.28. The zero-order valence-corrected chi connectivity index (χ0v) is 12.4. The number of aromatic nitrogens is 1. The van der Waals surface area contributed by atoms with Crippen molar-refractivity contribution in [2.24, 2.45) is 0 Å². The van der Waals surface area contributed by atoms with Crippen LogP contribution in [-0.2, 0) is 6.61 Å². The molecular weight excluding hydrogens is 289 g/mol. The second-order valence-corrected chi connectivity index (χ2v) is 6.13. The van der Waals surface area contributed by atoms with Gasteiger partial charge < -0.3 is 5.11 Å². The lowest BCUT2D eigenvalue weighted by molar-refractivity contribution is 0.283. The molecule has 2 nitrogen and oxygen atoms in total. The molecule has 1 aromatic heterocycles. The van der Waals surface area contributed by atoms with E-state index in [9.17, 15) is 5.11 Å². The van der Waals surface area contributed by atoms with Gasteiger partial charge >= 0.3 is 0 Å². The molecule has 0 saturated carbocycles. The van der Waals surface area contributed by atoms with Crippen LogP contribution in [0.2, 0.25) is 10.0 Å². The molecule has 0 amide bonds. The summed E-state index contributed by atoms with van der Waals surface area (Å²) in [5, 5.41) is 11.3. The summed E-state index contributed by atoms with van der Waals surface area (Å²) in [6, 6.07) is 5.38. The Labute approximate surface area is 120 Å². The number of hydrogen-bond donors (Lipinski definition) is 1. The van der Waals surface area contributed by atoms with Crippen molar-refractivity contribution in [3.05, 3.63) is 38.8 Å². The Morgan fingerprint density at radius 3 is 2.33 bits per heavy atom. The SMILES string of the molecule is CC(C)c1nc(-c2c(Cl)cccc2Cl)sc1CO. The van der Waals surface area contributed by atoms with E-state index in [-0.39, 0.29) is 12.5 Å². The molecule has 5 heteroatoms. The zero-order chi connectivity index (χ0) is 13.3. The van der Waals surface area contributed by atoms with Gasteiger partial charge in [0.1, 0.15) is 5.01 Å². The second-order valence-electron chi connectivity index (χ2n) is 4.24. The largest absolute Gasteiger partial charge is 0.391 e. The van der Waals surface area contributed by atoms with Gasteiger partial charge in [0.2, 0.25) is 0 Å². The fourth-order valence-corrected chi connectivity index (χ4v) is 3.58. The van der Waals surface area contributed by atoms with Gasteiger partial charge in [0.15, 0.2) is 0 Å². The lowest BCUT2D eigenvalue weighted by Gasteiger charge is -2.03. The molecule has 0 unspecified atom stereocenters. The summed E-state index contributed by atoms with van der Waals surface area (Å²) < 4.78 is 0. The van der Waals surface area contributed by atoms with Crippen LogP contribution in [0.15, 0.2) is 18.2 Å². The minimum atomic E-state index is -0.00669. The molecule has 0 aliphatic heterocycles. The summed E-state index contributed by atoms with van der Waals surface area (Å²) in [6.45, 7) is 4.09. The monoisotopic (exact) mass is 301 g/mol. The fraction of sp³-hybridized carbons (Fsp3) is 0.308. The van der Waals surface area contributed by atoms with Crippen molar-refractivity contribution in [3.8, 4) is 10.6 Å². The van der Waals surface area contributed by atoms with Crippen molar-refractivity contribution in [1.29, 1.82) is 0 Å². The van der Waals surface area contributed by atoms with Crippen LogP contribution in [0.25, 0.3) is 10.6 Å². The van der Waals surface area contributed by atoms with E-state index in [0.717, 1.165) is 21.1 Å². The van der Waals surface area contributed by atoms with Crippen LogP contribution in [0.1, 0.15) is 30.3 Å². The third-order valence-electron chi connectivity index (χ3n) is 2.59. The smallest absolute Gasteiger partial charge is 0.126 e. The van der Waals surface area contributed by atoms with E-state index in [2.05, 4.69) is 4.98 Å². The van der Waals surface area contributed by atoms with Crippen molar-refractivity contribution >= 4 is 34.5 Å². The molecule has 1 aromatic carbocycles. The highest BCUT2D eigenvalue weighted by atomic mass is 35.5. The molecule has 0 bridgehead atoms. The molecule has 2 rings (SSSR count). The van der Waals surface area contributed by atoms with Gasteiger partial charge in [0, 0.05) is 5.56 Å². The fourth-order valence-electron chi connectivity index (χ4n) is 1.74. The maximum absolute atomic E-state index is 9.37. The molecule has 96 valence electrons. The molecule has 0 spiro atoms. The van der Waals surface area contributed by atoms with Gasteiger partial charge in [-0.15, -0.1) is 11.3 Å².